The first-order chi connectivity index (χ1) is 10.4. The van der Waals surface area contributed by atoms with Crippen LogP contribution in [0.5, 0.6) is 5.75 Å². The molecule has 3 rings (SSSR count). The number of ether oxygens (including phenoxy) is 1. The summed E-state index contributed by atoms with van der Waals surface area (Å²) >= 11 is 0. The number of Topliss-reactive ketones (excluding diaryl/α,β-unsaturated/α-hetero) is 1. The molecule has 0 aromatic heterocycles. The van der Waals surface area contributed by atoms with Gasteiger partial charge in [0.05, 0.1) is 6.04 Å². The van der Waals surface area contributed by atoms with Gasteiger partial charge in [-0.1, -0.05) is 6.42 Å². The predicted octanol–water partition coefficient (Wildman–Crippen LogP) is 2.95. The maximum Gasteiger partial charge on any atom is 0.159 e. The Morgan fingerprint density at radius 3 is 2.59 bits per heavy atom. The summed E-state index contributed by atoms with van der Waals surface area (Å²) in [6.45, 7) is 7.40. The fraction of sp³-hybridized carbons (Fsp3) is 0.611. The Labute approximate surface area is 132 Å². The first-order valence-electron chi connectivity index (χ1n) is 8.16. The second-order valence-corrected chi connectivity index (χ2v) is 7.00. The van der Waals surface area contributed by atoms with Gasteiger partial charge in [0.1, 0.15) is 17.5 Å². The van der Waals surface area contributed by atoms with E-state index in [2.05, 4.69) is 4.90 Å². The van der Waals surface area contributed by atoms with Gasteiger partial charge in [-0.3, -0.25) is 9.69 Å². The maximum absolute atomic E-state index is 11.7. The number of carbonyl (C=O) groups excluding carboxylic acids is 1. The standard InChI is InChI=1S/C18H25NO3/c1-12(20)13-7-8-15-14(11-13)16(17(21)18(2,3)22-15)19-9-5-4-6-10-19/h7-8,11,16-17,21H,4-6,9-10H2,1-3H3/t16-,17+/m0/s1. The van der Waals surface area contributed by atoms with Gasteiger partial charge < -0.3 is 9.84 Å². The van der Waals surface area contributed by atoms with Crippen molar-refractivity contribution in [3.63, 3.8) is 0 Å². The molecule has 1 aromatic carbocycles. The van der Waals surface area contributed by atoms with E-state index in [-0.39, 0.29) is 11.8 Å². The topological polar surface area (TPSA) is 49.8 Å². The molecule has 1 aromatic rings. The Bertz CT molecular complexity index is 576. The molecule has 0 amide bonds. The van der Waals surface area contributed by atoms with E-state index in [0.717, 1.165) is 37.2 Å². The summed E-state index contributed by atoms with van der Waals surface area (Å²) in [6, 6.07) is 5.48. The third-order valence-corrected chi connectivity index (χ3v) is 4.90. The molecule has 1 N–H and O–H groups in total. The van der Waals surface area contributed by atoms with Gasteiger partial charge in [-0.25, -0.2) is 0 Å². The lowest BCUT2D eigenvalue weighted by molar-refractivity contribution is -0.0961. The zero-order chi connectivity index (χ0) is 15.9. The number of aliphatic hydroxyl groups is 1. The number of hydrogen-bond acceptors (Lipinski definition) is 4. The van der Waals surface area contributed by atoms with Gasteiger partial charge in [-0.05, 0) is 64.9 Å². The molecule has 2 heterocycles. The van der Waals surface area contributed by atoms with Crippen LogP contribution in [0.2, 0.25) is 0 Å². The van der Waals surface area contributed by atoms with Gasteiger partial charge in [-0.15, -0.1) is 0 Å². The first-order valence-corrected chi connectivity index (χ1v) is 8.16. The molecule has 0 aliphatic carbocycles. The summed E-state index contributed by atoms with van der Waals surface area (Å²) in [5.74, 6) is 0.829. The largest absolute Gasteiger partial charge is 0.485 e. The molecule has 120 valence electrons. The highest BCUT2D eigenvalue weighted by Gasteiger charge is 2.45. The van der Waals surface area contributed by atoms with E-state index in [1.165, 1.54) is 6.42 Å². The van der Waals surface area contributed by atoms with E-state index in [1.54, 1.807) is 6.92 Å². The van der Waals surface area contributed by atoms with E-state index >= 15 is 0 Å². The van der Waals surface area contributed by atoms with Gasteiger partial charge in [0.15, 0.2) is 5.78 Å². The van der Waals surface area contributed by atoms with Crippen LogP contribution in [0, 0.1) is 0 Å². The third-order valence-electron chi connectivity index (χ3n) is 4.90. The number of hydrogen-bond donors (Lipinski definition) is 1. The van der Waals surface area contributed by atoms with Crippen molar-refractivity contribution < 1.29 is 14.6 Å². The molecule has 0 bridgehead atoms. The minimum Gasteiger partial charge on any atom is -0.485 e. The molecule has 2 aliphatic rings. The number of likely N-dealkylation sites (tertiary alicyclic amines) is 1. The monoisotopic (exact) mass is 303 g/mol. The molecule has 4 heteroatoms. The summed E-state index contributed by atoms with van der Waals surface area (Å²) in [7, 11) is 0. The Balaban J connectivity index is 2.06. The van der Waals surface area contributed by atoms with Crippen molar-refractivity contribution in [1.29, 1.82) is 0 Å². The molecule has 2 aliphatic heterocycles. The Hall–Kier alpha value is -1.39. The number of fused-ring (bicyclic) bond motifs is 1. The van der Waals surface area contributed by atoms with Crippen LogP contribution in [0.1, 0.15) is 62.0 Å². The molecule has 0 saturated carbocycles. The molecular formula is C18H25NO3. The smallest absolute Gasteiger partial charge is 0.159 e. The van der Waals surface area contributed by atoms with Crippen LogP contribution in [0.3, 0.4) is 0 Å². The number of benzene rings is 1. The molecule has 0 radical (unpaired) electrons. The van der Waals surface area contributed by atoms with Crippen molar-refractivity contribution in [3.05, 3.63) is 29.3 Å². The summed E-state index contributed by atoms with van der Waals surface area (Å²) in [4.78, 5) is 14.1. The maximum atomic E-state index is 11.7. The van der Waals surface area contributed by atoms with Gasteiger partial charge >= 0.3 is 0 Å². The molecule has 0 unspecified atom stereocenters. The number of carbonyl (C=O) groups is 1. The van der Waals surface area contributed by atoms with Gasteiger partial charge in [0.25, 0.3) is 0 Å². The number of piperidine rings is 1. The fourth-order valence-corrected chi connectivity index (χ4v) is 3.58. The highest BCUT2D eigenvalue weighted by atomic mass is 16.5. The molecule has 0 spiro atoms. The highest BCUT2D eigenvalue weighted by Crippen LogP contribution is 2.43. The van der Waals surface area contributed by atoms with Crippen molar-refractivity contribution in [1.82, 2.24) is 4.90 Å². The van der Waals surface area contributed by atoms with Crippen LogP contribution in [0.25, 0.3) is 0 Å². The van der Waals surface area contributed by atoms with Gasteiger partial charge in [-0.2, -0.15) is 0 Å². The lowest BCUT2D eigenvalue weighted by atomic mass is 9.84. The predicted molar refractivity (Wildman–Crippen MR) is 85.3 cm³/mol. The quantitative estimate of drug-likeness (QED) is 0.853. The SMILES string of the molecule is CC(=O)c1ccc2c(c1)[C@H](N1CCCCC1)[C@@H](O)C(C)(C)O2. The molecule has 1 fully saturated rings. The number of aliphatic hydroxyl groups excluding tert-OH is 1. The fourth-order valence-electron chi connectivity index (χ4n) is 3.58. The summed E-state index contributed by atoms with van der Waals surface area (Å²) in [5.41, 5.74) is 0.991. The van der Waals surface area contributed by atoms with E-state index in [4.69, 9.17) is 4.74 Å². The zero-order valence-corrected chi connectivity index (χ0v) is 13.6. The second kappa shape index (κ2) is 5.67. The number of ketones is 1. The van der Waals surface area contributed by atoms with Gasteiger partial charge in [0, 0.05) is 11.1 Å². The van der Waals surface area contributed by atoms with Crippen molar-refractivity contribution in [2.24, 2.45) is 0 Å². The van der Waals surface area contributed by atoms with E-state index in [0.29, 0.717) is 5.56 Å². The molecule has 22 heavy (non-hydrogen) atoms. The Morgan fingerprint density at radius 1 is 1.27 bits per heavy atom. The Kier molecular flexibility index (Phi) is 4.00. The molecule has 1 saturated heterocycles. The average Bonchev–Trinajstić information content (AvgIpc) is 2.48. The van der Waals surface area contributed by atoms with Crippen molar-refractivity contribution >= 4 is 5.78 Å². The lowest BCUT2D eigenvalue weighted by Crippen LogP contribution is -2.54. The summed E-state index contributed by atoms with van der Waals surface area (Å²) in [6.07, 6.45) is 2.96. The van der Waals surface area contributed by atoms with E-state index < -0.39 is 11.7 Å². The average molecular weight is 303 g/mol. The minimum absolute atomic E-state index is 0.0412. The van der Waals surface area contributed by atoms with Crippen LogP contribution in [-0.4, -0.2) is 40.6 Å². The van der Waals surface area contributed by atoms with Crippen LogP contribution in [-0.2, 0) is 0 Å². The van der Waals surface area contributed by atoms with Crippen LogP contribution >= 0.6 is 0 Å². The highest BCUT2D eigenvalue weighted by molar-refractivity contribution is 5.94. The second-order valence-electron chi connectivity index (χ2n) is 7.00. The van der Waals surface area contributed by atoms with Gasteiger partial charge in [0.2, 0.25) is 0 Å². The molecule has 4 nitrogen and oxygen atoms in total. The van der Waals surface area contributed by atoms with Crippen molar-refractivity contribution in [2.45, 2.75) is 57.8 Å². The third kappa shape index (κ3) is 2.66. The number of rotatable bonds is 2. The Morgan fingerprint density at radius 2 is 1.95 bits per heavy atom. The zero-order valence-electron chi connectivity index (χ0n) is 13.6. The number of nitrogens with zero attached hydrogens (tertiary/aromatic N) is 1. The molecular weight excluding hydrogens is 278 g/mol. The van der Waals surface area contributed by atoms with Crippen LogP contribution in [0.4, 0.5) is 0 Å². The van der Waals surface area contributed by atoms with Crippen LogP contribution in [0.15, 0.2) is 18.2 Å². The summed E-state index contributed by atoms with van der Waals surface area (Å²) in [5, 5.41) is 10.9. The summed E-state index contributed by atoms with van der Waals surface area (Å²) < 4.78 is 6.00. The first kappa shape index (κ1) is 15.5. The van der Waals surface area contributed by atoms with E-state index in [9.17, 15) is 9.90 Å². The molecule has 2 atom stereocenters. The lowest BCUT2D eigenvalue weighted by Gasteiger charge is -2.47. The van der Waals surface area contributed by atoms with Crippen molar-refractivity contribution in [2.75, 3.05) is 13.1 Å². The normalized spacial score (nSPS) is 27.8. The van der Waals surface area contributed by atoms with Crippen LogP contribution < -0.4 is 4.74 Å². The van der Waals surface area contributed by atoms with Crippen molar-refractivity contribution in [3.8, 4) is 5.75 Å². The minimum atomic E-state index is -0.632. The van der Waals surface area contributed by atoms with E-state index in [1.807, 2.05) is 32.0 Å².